The van der Waals surface area contributed by atoms with Crippen molar-refractivity contribution in [2.45, 2.75) is 39.2 Å². The summed E-state index contributed by atoms with van der Waals surface area (Å²) in [6, 6.07) is 6.47. The lowest BCUT2D eigenvalue weighted by atomic mass is 9.82. The summed E-state index contributed by atoms with van der Waals surface area (Å²) in [6.07, 6.45) is 3.78. The molecule has 112 valence electrons. The number of nitrogens with zero attached hydrogens (tertiary/aromatic N) is 1. The van der Waals surface area contributed by atoms with E-state index in [4.69, 9.17) is 17.3 Å². The highest BCUT2D eigenvalue weighted by Crippen LogP contribution is 2.40. The van der Waals surface area contributed by atoms with Crippen molar-refractivity contribution in [3.63, 3.8) is 0 Å². The van der Waals surface area contributed by atoms with Crippen LogP contribution in [0.3, 0.4) is 0 Å². The summed E-state index contributed by atoms with van der Waals surface area (Å²) >= 11 is 9.67. The predicted octanol–water partition coefficient (Wildman–Crippen LogP) is 4.61. The predicted molar refractivity (Wildman–Crippen MR) is 90.2 cm³/mol. The van der Waals surface area contributed by atoms with E-state index < -0.39 is 0 Å². The molecule has 1 unspecified atom stereocenters. The molecular weight excluding hydrogens is 336 g/mol. The molecule has 0 radical (unpaired) electrons. The number of rotatable bonds is 5. The molecule has 1 aliphatic heterocycles. The van der Waals surface area contributed by atoms with Gasteiger partial charge in [-0.05, 0) is 64.8 Å². The highest BCUT2D eigenvalue weighted by molar-refractivity contribution is 9.10. The molecule has 1 heterocycles. The maximum absolute atomic E-state index is 6.23. The lowest BCUT2D eigenvalue weighted by Crippen LogP contribution is -2.34. The van der Waals surface area contributed by atoms with Crippen LogP contribution in [0.15, 0.2) is 22.7 Å². The van der Waals surface area contributed by atoms with Gasteiger partial charge in [0.2, 0.25) is 0 Å². The number of likely N-dealkylation sites (tertiary alicyclic amines) is 1. The van der Waals surface area contributed by atoms with Crippen molar-refractivity contribution in [3.8, 4) is 0 Å². The topological polar surface area (TPSA) is 29.3 Å². The third-order valence-corrected chi connectivity index (χ3v) is 6.19. The van der Waals surface area contributed by atoms with Crippen LogP contribution in [0.5, 0.6) is 0 Å². The van der Waals surface area contributed by atoms with E-state index in [0.29, 0.717) is 12.0 Å². The van der Waals surface area contributed by atoms with E-state index in [2.05, 4.69) is 40.7 Å². The Balaban J connectivity index is 2.19. The summed E-state index contributed by atoms with van der Waals surface area (Å²) in [7, 11) is 0. The summed E-state index contributed by atoms with van der Waals surface area (Å²) in [4.78, 5) is 2.53. The quantitative estimate of drug-likeness (QED) is 0.831. The van der Waals surface area contributed by atoms with E-state index in [9.17, 15) is 0 Å². The zero-order chi connectivity index (χ0) is 14.8. The van der Waals surface area contributed by atoms with Gasteiger partial charge in [0.05, 0.1) is 5.02 Å². The first-order valence-electron chi connectivity index (χ1n) is 7.44. The third-order valence-electron chi connectivity index (χ3n) is 4.96. The maximum atomic E-state index is 6.23. The van der Waals surface area contributed by atoms with Crippen molar-refractivity contribution in [1.29, 1.82) is 0 Å². The molecule has 1 fully saturated rings. The lowest BCUT2D eigenvalue weighted by molar-refractivity contribution is 0.197. The normalized spacial score (nSPS) is 20.2. The molecule has 0 aromatic heterocycles. The Kier molecular flexibility index (Phi) is 5.52. The lowest BCUT2D eigenvalue weighted by Gasteiger charge is -2.31. The van der Waals surface area contributed by atoms with Gasteiger partial charge in [-0.15, -0.1) is 0 Å². The molecule has 2 rings (SSSR count). The number of hydrogen-bond acceptors (Lipinski definition) is 2. The van der Waals surface area contributed by atoms with Crippen LogP contribution in [0, 0.1) is 5.41 Å². The van der Waals surface area contributed by atoms with Gasteiger partial charge >= 0.3 is 0 Å². The molecule has 0 bridgehead atoms. The van der Waals surface area contributed by atoms with E-state index in [1.807, 2.05) is 12.1 Å². The van der Waals surface area contributed by atoms with Gasteiger partial charge in [0.15, 0.2) is 0 Å². The van der Waals surface area contributed by atoms with E-state index in [0.717, 1.165) is 22.6 Å². The molecule has 0 spiro atoms. The Morgan fingerprint density at radius 2 is 2.10 bits per heavy atom. The molecule has 0 saturated carbocycles. The highest BCUT2D eigenvalue weighted by atomic mass is 79.9. The third kappa shape index (κ3) is 3.22. The van der Waals surface area contributed by atoms with Crippen LogP contribution in [0.2, 0.25) is 5.02 Å². The van der Waals surface area contributed by atoms with Crippen LogP contribution in [0.25, 0.3) is 0 Å². The maximum Gasteiger partial charge on any atom is 0.0551 e. The molecule has 4 heteroatoms. The number of nitrogens with two attached hydrogens (primary N) is 1. The van der Waals surface area contributed by atoms with Crippen LogP contribution >= 0.6 is 27.5 Å². The summed E-state index contributed by atoms with van der Waals surface area (Å²) in [5.74, 6) is 0. The summed E-state index contributed by atoms with van der Waals surface area (Å²) < 4.78 is 0.941. The fourth-order valence-corrected chi connectivity index (χ4v) is 3.71. The molecular formula is C16H24BrClN2. The van der Waals surface area contributed by atoms with Crippen molar-refractivity contribution >= 4 is 27.5 Å². The van der Waals surface area contributed by atoms with Gasteiger partial charge in [0, 0.05) is 23.6 Å². The van der Waals surface area contributed by atoms with Gasteiger partial charge in [-0.2, -0.15) is 0 Å². The summed E-state index contributed by atoms with van der Waals surface area (Å²) in [5, 5.41) is 0.761. The van der Waals surface area contributed by atoms with E-state index in [1.165, 1.54) is 24.8 Å². The van der Waals surface area contributed by atoms with Crippen LogP contribution < -0.4 is 5.73 Å². The van der Waals surface area contributed by atoms with Crippen LogP contribution in [-0.2, 0) is 0 Å². The average molecular weight is 360 g/mol. The molecule has 1 aromatic carbocycles. The van der Waals surface area contributed by atoms with Gasteiger partial charge in [-0.3, -0.25) is 4.90 Å². The largest absolute Gasteiger partial charge is 0.329 e. The summed E-state index contributed by atoms with van der Waals surface area (Å²) in [5.41, 5.74) is 7.75. The van der Waals surface area contributed by atoms with Crippen molar-refractivity contribution in [2.24, 2.45) is 11.1 Å². The fraction of sp³-hybridized carbons (Fsp3) is 0.625. The zero-order valence-corrected chi connectivity index (χ0v) is 14.7. The molecule has 20 heavy (non-hydrogen) atoms. The standard InChI is InChI=1S/C16H24BrClN2/c1-3-16(4-2)7-8-20(11-16)15(10-19)12-5-6-13(17)14(18)9-12/h5-6,9,15H,3-4,7-8,10-11,19H2,1-2H3. The van der Waals surface area contributed by atoms with Gasteiger partial charge in [0.1, 0.15) is 0 Å². The van der Waals surface area contributed by atoms with Crippen molar-refractivity contribution < 1.29 is 0 Å². The van der Waals surface area contributed by atoms with Crippen LogP contribution in [0.4, 0.5) is 0 Å². The van der Waals surface area contributed by atoms with E-state index >= 15 is 0 Å². The molecule has 1 saturated heterocycles. The first-order valence-corrected chi connectivity index (χ1v) is 8.61. The van der Waals surface area contributed by atoms with Gasteiger partial charge < -0.3 is 5.73 Å². The first kappa shape index (κ1) is 16.3. The average Bonchev–Trinajstić information content (AvgIpc) is 2.88. The molecule has 2 nitrogen and oxygen atoms in total. The first-order chi connectivity index (χ1) is 9.55. The molecule has 1 atom stereocenters. The molecule has 0 aliphatic carbocycles. The minimum Gasteiger partial charge on any atom is -0.329 e. The number of benzene rings is 1. The molecule has 1 aliphatic rings. The van der Waals surface area contributed by atoms with Gasteiger partial charge in [-0.25, -0.2) is 0 Å². The van der Waals surface area contributed by atoms with Crippen molar-refractivity contribution in [3.05, 3.63) is 33.3 Å². The Bertz CT molecular complexity index is 460. The fourth-order valence-electron chi connectivity index (χ4n) is 3.28. The second kappa shape index (κ2) is 6.78. The second-order valence-corrected chi connectivity index (χ2v) is 7.11. The monoisotopic (exact) mass is 358 g/mol. The Morgan fingerprint density at radius 1 is 1.40 bits per heavy atom. The number of halogens is 2. The number of hydrogen-bond donors (Lipinski definition) is 1. The Hall–Kier alpha value is -0.0900. The SMILES string of the molecule is CCC1(CC)CCN(C(CN)c2ccc(Br)c(Cl)c2)C1. The Morgan fingerprint density at radius 3 is 2.60 bits per heavy atom. The van der Waals surface area contributed by atoms with Gasteiger partial charge in [0.25, 0.3) is 0 Å². The minimum absolute atomic E-state index is 0.278. The summed E-state index contributed by atoms with van der Waals surface area (Å²) in [6.45, 7) is 7.54. The molecule has 2 N–H and O–H groups in total. The minimum atomic E-state index is 0.278. The molecule has 0 amide bonds. The van der Waals surface area contributed by atoms with Crippen LogP contribution in [-0.4, -0.2) is 24.5 Å². The zero-order valence-electron chi connectivity index (χ0n) is 12.3. The van der Waals surface area contributed by atoms with E-state index in [-0.39, 0.29) is 6.04 Å². The van der Waals surface area contributed by atoms with Crippen molar-refractivity contribution in [1.82, 2.24) is 4.90 Å². The molecule has 1 aromatic rings. The van der Waals surface area contributed by atoms with Gasteiger partial charge in [-0.1, -0.05) is 31.5 Å². The highest BCUT2D eigenvalue weighted by Gasteiger charge is 2.37. The Labute approximate surface area is 135 Å². The second-order valence-electron chi connectivity index (χ2n) is 5.85. The van der Waals surface area contributed by atoms with Crippen LogP contribution in [0.1, 0.15) is 44.7 Å². The van der Waals surface area contributed by atoms with Crippen molar-refractivity contribution in [2.75, 3.05) is 19.6 Å². The van der Waals surface area contributed by atoms with E-state index in [1.54, 1.807) is 0 Å². The smallest absolute Gasteiger partial charge is 0.0551 e.